The topological polar surface area (TPSA) is 111 Å². The Hall–Kier alpha value is -1.63. The molecule has 0 saturated heterocycles. The lowest BCUT2D eigenvalue weighted by molar-refractivity contribution is 0.0101. The van der Waals surface area contributed by atoms with Gasteiger partial charge in [0.1, 0.15) is 6.10 Å². The molecule has 14 heavy (non-hydrogen) atoms. The fourth-order valence-electron chi connectivity index (χ4n) is 0.893. The van der Waals surface area contributed by atoms with Crippen molar-refractivity contribution in [3.05, 3.63) is 11.7 Å². The molecule has 0 aromatic carbocycles. The van der Waals surface area contributed by atoms with Crippen LogP contribution in [-0.4, -0.2) is 27.4 Å². The SMILES string of the molecule is Cc1nc(C(O)[C@H](C)OC(N)=O)no1. The first-order valence-electron chi connectivity index (χ1n) is 3.95. The number of aryl methyl sites for hydroxylation is 1. The predicted octanol–water partition coefficient (Wildman–Crippen LogP) is -0.105. The Morgan fingerprint density at radius 3 is 2.79 bits per heavy atom. The van der Waals surface area contributed by atoms with E-state index in [9.17, 15) is 9.90 Å². The van der Waals surface area contributed by atoms with Gasteiger partial charge in [-0.1, -0.05) is 5.16 Å². The normalized spacial score (nSPS) is 14.8. The number of hydrogen-bond donors (Lipinski definition) is 2. The van der Waals surface area contributed by atoms with Gasteiger partial charge in [-0.05, 0) is 6.92 Å². The van der Waals surface area contributed by atoms with E-state index < -0.39 is 18.3 Å². The highest BCUT2D eigenvalue weighted by atomic mass is 16.6. The Balaban J connectivity index is 2.65. The van der Waals surface area contributed by atoms with Gasteiger partial charge in [-0.15, -0.1) is 0 Å². The number of rotatable bonds is 3. The lowest BCUT2D eigenvalue weighted by atomic mass is 10.2. The minimum absolute atomic E-state index is 0.0660. The van der Waals surface area contributed by atoms with Gasteiger partial charge in [-0.2, -0.15) is 4.98 Å². The number of aromatic nitrogens is 2. The van der Waals surface area contributed by atoms with Crippen LogP contribution >= 0.6 is 0 Å². The molecule has 0 fully saturated rings. The number of nitrogens with zero attached hydrogens (tertiary/aromatic N) is 2. The van der Waals surface area contributed by atoms with E-state index in [2.05, 4.69) is 19.4 Å². The second kappa shape index (κ2) is 4.05. The lowest BCUT2D eigenvalue weighted by Gasteiger charge is -2.14. The highest BCUT2D eigenvalue weighted by Gasteiger charge is 2.23. The van der Waals surface area contributed by atoms with E-state index in [1.807, 2.05) is 0 Å². The van der Waals surface area contributed by atoms with Gasteiger partial charge in [-0.3, -0.25) is 0 Å². The van der Waals surface area contributed by atoms with Gasteiger partial charge in [0.2, 0.25) is 11.7 Å². The zero-order valence-electron chi connectivity index (χ0n) is 7.80. The molecule has 7 heteroatoms. The standard InChI is InChI=1S/C7H11N3O4/c1-3(13-7(8)12)5(11)6-9-4(2)14-10-6/h3,5,11H,1-2H3,(H2,8,12)/t3-,5?/m0/s1. The molecule has 78 valence electrons. The maximum absolute atomic E-state index is 10.4. The molecular formula is C7H11N3O4. The van der Waals surface area contributed by atoms with Crippen molar-refractivity contribution in [2.24, 2.45) is 5.73 Å². The largest absolute Gasteiger partial charge is 0.443 e. The summed E-state index contributed by atoms with van der Waals surface area (Å²) in [7, 11) is 0. The van der Waals surface area contributed by atoms with E-state index in [1.54, 1.807) is 6.92 Å². The highest BCUT2D eigenvalue weighted by molar-refractivity contribution is 5.64. The maximum Gasteiger partial charge on any atom is 0.404 e. The van der Waals surface area contributed by atoms with E-state index in [0.717, 1.165) is 0 Å². The summed E-state index contributed by atoms with van der Waals surface area (Å²) in [5, 5.41) is 13.0. The zero-order chi connectivity index (χ0) is 10.7. The number of ether oxygens (including phenoxy) is 1. The van der Waals surface area contributed by atoms with Crippen molar-refractivity contribution in [2.45, 2.75) is 26.1 Å². The smallest absolute Gasteiger partial charge is 0.404 e. The van der Waals surface area contributed by atoms with Gasteiger partial charge < -0.3 is 20.1 Å². The molecule has 3 N–H and O–H groups in total. The molecule has 1 heterocycles. The first-order valence-corrected chi connectivity index (χ1v) is 3.95. The Bertz CT molecular complexity index is 324. The van der Waals surface area contributed by atoms with Gasteiger partial charge in [0.05, 0.1) is 0 Å². The van der Waals surface area contributed by atoms with Crippen LogP contribution in [-0.2, 0) is 4.74 Å². The van der Waals surface area contributed by atoms with Crippen LogP contribution in [0.15, 0.2) is 4.52 Å². The third kappa shape index (κ3) is 2.43. The summed E-state index contributed by atoms with van der Waals surface area (Å²) >= 11 is 0. The van der Waals surface area contributed by atoms with Crippen LogP contribution in [0.2, 0.25) is 0 Å². The Morgan fingerprint density at radius 2 is 2.36 bits per heavy atom. The molecule has 1 rings (SSSR count). The molecule has 0 aliphatic rings. The Morgan fingerprint density at radius 1 is 1.71 bits per heavy atom. The molecule has 1 aromatic heterocycles. The quantitative estimate of drug-likeness (QED) is 0.705. The summed E-state index contributed by atoms with van der Waals surface area (Å²) < 4.78 is 9.19. The van der Waals surface area contributed by atoms with Gasteiger partial charge >= 0.3 is 6.09 Å². The average molecular weight is 201 g/mol. The van der Waals surface area contributed by atoms with Crippen LogP contribution in [0.4, 0.5) is 4.79 Å². The van der Waals surface area contributed by atoms with Crippen LogP contribution in [0.1, 0.15) is 24.7 Å². The fraction of sp³-hybridized carbons (Fsp3) is 0.571. The van der Waals surface area contributed by atoms with Gasteiger partial charge in [0, 0.05) is 6.92 Å². The van der Waals surface area contributed by atoms with E-state index in [0.29, 0.717) is 5.89 Å². The highest BCUT2D eigenvalue weighted by Crippen LogP contribution is 2.15. The number of carbonyl (C=O) groups excluding carboxylic acids is 1. The third-order valence-corrected chi connectivity index (χ3v) is 1.55. The van der Waals surface area contributed by atoms with Gasteiger partial charge in [0.15, 0.2) is 6.10 Å². The van der Waals surface area contributed by atoms with Crippen LogP contribution < -0.4 is 5.73 Å². The van der Waals surface area contributed by atoms with E-state index in [1.165, 1.54) is 6.92 Å². The monoisotopic (exact) mass is 201 g/mol. The first kappa shape index (κ1) is 10.5. The summed E-state index contributed by atoms with van der Waals surface area (Å²) in [6, 6.07) is 0. The molecule has 0 saturated carbocycles. The first-order chi connectivity index (χ1) is 6.50. The molecule has 0 aliphatic heterocycles. The molecule has 7 nitrogen and oxygen atoms in total. The fourth-order valence-corrected chi connectivity index (χ4v) is 0.893. The summed E-state index contributed by atoms with van der Waals surface area (Å²) in [4.78, 5) is 14.2. The Kier molecular flexibility index (Phi) is 3.03. The summed E-state index contributed by atoms with van der Waals surface area (Å²) in [6.07, 6.45) is -2.92. The van der Waals surface area contributed by atoms with Crippen LogP contribution in [0, 0.1) is 6.92 Å². The Labute approximate surface area is 79.9 Å². The summed E-state index contributed by atoms with van der Waals surface area (Å²) in [6.45, 7) is 3.06. The van der Waals surface area contributed by atoms with E-state index in [-0.39, 0.29) is 5.82 Å². The molecule has 0 bridgehead atoms. The molecular weight excluding hydrogens is 190 g/mol. The van der Waals surface area contributed by atoms with E-state index >= 15 is 0 Å². The van der Waals surface area contributed by atoms with Crippen LogP contribution in [0.5, 0.6) is 0 Å². The molecule has 1 unspecified atom stereocenters. The number of amides is 1. The second-order valence-electron chi connectivity index (χ2n) is 2.76. The van der Waals surface area contributed by atoms with Crippen molar-refractivity contribution in [3.63, 3.8) is 0 Å². The summed E-state index contributed by atoms with van der Waals surface area (Å²) in [5.41, 5.74) is 4.78. The van der Waals surface area contributed by atoms with Crippen LogP contribution in [0.3, 0.4) is 0 Å². The minimum atomic E-state index is -1.14. The van der Waals surface area contributed by atoms with Gasteiger partial charge in [0.25, 0.3) is 0 Å². The van der Waals surface area contributed by atoms with Crippen molar-refractivity contribution < 1.29 is 19.2 Å². The number of hydrogen-bond acceptors (Lipinski definition) is 6. The van der Waals surface area contributed by atoms with Gasteiger partial charge in [-0.25, -0.2) is 4.79 Å². The molecule has 1 amide bonds. The maximum atomic E-state index is 10.4. The van der Waals surface area contributed by atoms with Crippen molar-refractivity contribution in [1.29, 1.82) is 0 Å². The van der Waals surface area contributed by atoms with Crippen LogP contribution in [0.25, 0.3) is 0 Å². The van der Waals surface area contributed by atoms with E-state index in [4.69, 9.17) is 5.73 Å². The number of primary amides is 1. The van der Waals surface area contributed by atoms with Crippen molar-refractivity contribution in [2.75, 3.05) is 0 Å². The number of carbonyl (C=O) groups is 1. The van der Waals surface area contributed by atoms with Crippen molar-refractivity contribution in [1.82, 2.24) is 10.1 Å². The average Bonchev–Trinajstić information content (AvgIpc) is 2.49. The molecule has 0 radical (unpaired) electrons. The molecule has 1 aromatic rings. The number of nitrogens with two attached hydrogens (primary N) is 1. The second-order valence-corrected chi connectivity index (χ2v) is 2.76. The minimum Gasteiger partial charge on any atom is -0.443 e. The zero-order valence-corrected chi connectivity index (χ0v) is 7.80. The molecule has 0 aliphatic carbocycles. The summed E-state index contributed by atoms with van der Waals surface area (Å²) in [5.74, 6) is 0.390. The third-order valence-electron chi connectivity index (χ3n) is 1.55. The number of aliphatic hydroxyl groups excluding tert-OH is 1. The molecule has 2 atom stereocenters. The number of aliphatic hydroxyl groups is 1. The lowest BCUT2D eigenvalue weighted by Crippen LogP contribution is -2.26. The van der Waals surface area contributed by atoms with Crippen molar-refractivity contribution >= 4 is 6.09 Å². The molecule has 0 spiro atoms. The predicted molar refractivity (Wildman–Crippen MR) is 44.1 cm³/mol. The van der Waals surface area contributed by atoms with Crippen molar-refractivity contribution in [3.8, 4) is 0 Å².